The minimum absolute atomic E-state index is 0.0482. The number of halogens is 2. The topological polar surface area (TPSA) is 47.6 Å². The summed E-state index contributed by atoms with van der Waals surface area (Å²) in [6, 6.07) is 0. The van der Waals surface area contributed by atoms with Crippen molar-refractivity contribution in [3.8, 4) is 0 Å². The lowest BCUT2D eigenvalue weighted by Crippen LogP contribution is -2.37. The van der Waals surface area contributed by atoms with Crippen LogP contribution in [-0.2, 0) is 14.3 Å². The first-order valence-electron chi connectivity index (χ1n) is 4.28. The quantitative estimate of drug-likeness (QED) is 0.737. The van der Waals surface area contributed by atoms with Crippen molar-refractivity contribution in [1.82, 2.24) is 5.32 Å². The summed E-state index contributed by atoms with van der Waals surface area (Å²) in [4.78, 5) is 10.5. The molecule has 1 atom stereocenters. The van der Waals surface area contributed by atoms with Gasteiger partial charge in [-0.3, -0.25) is 4.79 Å². The third-order valence-electron chi connectivity index (χ3n) is 1.77. The van der Waals surface area contributed by atoms with Crippen molar-refractivity contribution in [2.45, 2.75) is 32.2 Å². The highest BCUT2D eigenvalue weighted by molar-refractivity contribution is 5.79. The Kier molecular flexibility index (Phi) is 3.38. The molecule has 0 aromatic carbocycles. The maximum absolute atomic E-state index is 11.8. The van der Waals surface area contributed by atoms with E-state index in [1.165, 1.54) is 0 Å². The monoisotopic (exact) mass is 209 g/mol. The molecule has 1 saturated heterocycles. The van der Waals surface area contributed by atoms with Crippen LogP contribution in [0.5, 0.6) is 0 Å². The fourth-order valence-corrected chi connectivity index (χ4v) is 1.16. The van der Waals surface area contributed by atoms with E-state index in [0.29, 0.717) is 6.61 Å². The number of amides is 1. The highest BCUT2D eigenvalue weighted by Crippen LogP contribution is 2.21. The lowest BCUT2D eigenvalue weighted by molar-refractivity contribution is -0.141. The molecule has 0 aromatic rings. The van der Waals surface area contributed by atoms with Crippen LogP contribution >= 0.6 is 0 Å². The predicted molar refractivity (Wildman–Crippen MR) is 43.9 cm³/mol. The largest absolute Gasteiger partial charge is 0.348 e. The second-order valence-corrected chi connectivity index (χ2v) is 3.50. The molecule has 0 aromatic heterocycles. The summed E-state index contributed by atoms with van der Waals surface area (Å²) in [5.74, 6) is -1.97. The van der Waals surface area contributed by atoms with E-state index in [4.69, 9.17) is 9.47 Å². The van der Waals surface area contributed by atoms with Crippen molar-refractivity contribution in [1.29, 1.82) is 0 Å². The molecular formula is C8H13F2NO3. The van der Waals surface area contributed by atoms with Gasteiger partial charge in [-0.15, -0.1) is 0 Å². The van der Waals surface area contributed by atoms with Crippen molar-refractivity contribution in [3.63, 3.8) is 0 Å². The van der Waals surface area contributed by atoms with Gasteiger partial charge in [-0.25, -0.2) is 0 Å². The molecule has 1 heterocycles. The zero-order valence-corrected chi connectivity index (χ0v) is 8.05. The van der Waals surface area contributed by atoms with Gasteiger partial charge in [-0.1, -0.05) is 0 Å². The van der Waals surface area contributed by atoms with Crippen molar-refractivity contribution in [2.75, 3.05) is 13.2 Å². The van der Waals surface area contributed by atoms with Crippen LogP contribution < -0.4 is 5.32 Å². The Balaban J connectivity index is 2.24. The van der Waals surface area contributed by atoms with Crippen LogP contribution in [-0.4, -0.2) is 37.4 Å². The molecule has 1 aliphatic heterocycles. The maximum atomic E-state index is 11.8. The molecule has 1 fully saturated rings. The molecule has 1 amide bonds. The number of carbonyl (C=O) groups is 1. The van der Waals surface area contributed by atoms with Crippen LogP contribution in [0.4, 0.5) is 8.78 Å². The molecule has 4 nitrogen and oxygen atoms in total. The second kappa shape index (κ2) is 4.18. The summed E-state index contributed by atoms with van der Waals surface area (Å²) in [7, 11) is 0. The second-order valence-electron chi connectivity index (χ2n) is 3.50. The van der Waals surface area contributed by atoms with E-state index < -0.39 is 18.1 Å². The smallest absolute Gasteiger partial charge is 0.315 e. The third kappa shape index (κ3) is 3.19. The van der Waals surface area contributed by atoms with E-state index in [1.54, 1.807) is 13.8 Å². The van der Waals surface area contributed by atoms with E-state index in [2.05, 4.69) is 5.32 Å². The molecule has 14 heavy (non-hydrogen) atoms. The number of hydrogen-bond acceptors (Lipinski definition) is 3. The van der Waals surface area contributed by atoms with Crippen LogP contribution in [0.25, 0.3) is 0 Å². The van der Waals surface area contributed by atoms with Gasteiger partial charge in [0.25, 0.3) is 5.91 Å². The predicted octanol–water partition coefficient (Wildman–Crippen LogP) is 0.519. The molecule has 6 heteroatoms. The zero-order valence-electron chi connectivity index (χ0n) is 8.05. The normalized spacial score (nSPS) is 25.4. The number of carbonyl (C=O) groups excluding carboxylic acids is 1. The lowest BCUT2D eigenvalue weighted by atomic mass is 10.3. The lowest BCUT2D eigenvalue weighted by Gasteiger charge is -2.17. The van der Waals surface area contributed by atoms with Gasteiger partial charge >= 0.3 is 6.43 Å². The van der Waals surface area contributed by atoms with E-state index in [-0.39, 0.29) is 12.6 Å². The van der Waals surface area contributed by atoms with Crippen molar-refractivity contribution < 1.29 is 23.0 Å². The molecule has 1 N–H and O–H groups in total. The van der Waals surface area contributed by atoms with E-state index in [1.807, 2.05) is 0 Å². The first-order valence-corrected chi connectivity index (χ1v) is 4.28. The number of ether oxygens (including phenoxy) is 2. The minimum atomic E-state index is -2.98. The minimum Gasteiger partial charge on any atom is -0.348 e. The Morgan fingerprint density at radius 3 is 2.71 bits per heavy atom. The van der Waals surface area contributed by atoms with E-state index >= 15 is 0 Å². The Morgan fingerprint density at radius 1 is 1.64 bits per heavy atom. The first-order chi connectivity index (χ1) is 6.41. The van der Waals surface area contributed by atoms with Crippen LogP contribution in [0.3, 0.4) is 0 Å². The fraction of sp³-hybridized carbons (Fsp3) is 0.875. The van der Waals surface area contributed by atoms with Crippen molar-refractivity contribution in [2.24, 2.45) is 0 Å². The zero-order chi connectivity index (χ0) is 10.8. The molecule has 0 saturated carbocycles. The fourth-order valence-electron chi connectivity index (χ4n) is 1.16. The number of nitrogens with one attached hydrogen (secondary N) is 1. The summed E-state index contributed by atoms with van der Waals surface area (Å²) in [5, 5.41) is 2.07. The number of hydrogen-bond donors (Lipinski definition) is 1. The summed E-state index contributed by atoms with van der Waals surface area (Å²) < 4.78 is 34.0. The highest BCUT2D eigenvalue weighted by atomic mass is 19.3. The van der Waals surface area contributed by atoms with E-state index in [0.717, 1.165) is 0 Å². The van der Waals surface area contributed by atoms with Gasteiger partial charge in [-0.2, -0.15) is 8.78 Å². The van der Waals surface area contributed by atoms with Crippen LogP contribution in [0.15, 0.2) is 0 Å². The Morgan fingerprint density at radius 2 is 2.29 bits per heavy atom. The van der Waals surface area contributed by atoms with Crippen molar-refractivity contribution >= 4 is 5.91 Å². The highest BCUT2D eigenvalue weighted by Gasteiger charge is 2.33. The summed E-state index contributed by atoms with van der Waals surface area (Å²) >= 11 is 0. The van der Waals surface area contributed by atoms with Gasteiger partial charge < -0.3 is 14.8 Å². The molecular weight excluding hydrogens is 196 g/mol. The molecule has 0 aliphatic carbocycles. The third-order valence-corrected chi connectivity index (χ3v) is 1.77. The van der Waals surface area contributed by atoms with Crippen LogP contribution in [0.1, 0.15) is 13.8 Å². The summed E-state index contributed by atoms with van der Waals surface area (Å²) in [6.07, 6.45) is -3.34. The molecule has 1 unspecified atom stereocenters. The van der Waals surface area contributed by atoms with Gasteiger partial charge in [-0.05, 0) is 13.8 Å². The SMILES string of the molecule is CC1(C)OCC(CNC(=O)C(F)F)O1. The Hall–Kier alpha value is -0.750. The molecule has 1 aliphatic rings. The molecule has 0 radical (unpaired) electrons. The maximum Gasteiger partial charge on any atom is 0.315 e. The molecule has 0 bridgehead atoms. The van der Waals surface area contributed by atoms with Gasteiger partial charge in [0.2, 0.25) is 0 Å². The number of rotatable bonds is 3. The molecule has 82 valence electrons. The van der Waals surface area contributed by atoms with E-state index in [9.17, 15) is 13.6 Å². The van der Waals surface area contributed by atoms with Gasteiger partial charge in [0.1, 0.15) is 6.10 Å². The summed E-state index contributed by atoms with van der Waals surface area (Å²) in [6.45, 7) is 3.80. The average Bonchev–Trinajstić information content (AvgIpc) is 2.41. The van der Waals surface area contributed by atoms with Crippen LogP contribution in [0, 0.1) is 0 Å². The standard InChI is InChI=1S/C8H13F2NO3/c1-8(2)13-4-5(14-8)3-11-7(12)6(9)10/h5-6H,3-4H2,1-2H3,(H,11,12). The molecule has 0 spiro atoms. The van der Waals surface area contributed by atoms with Crippen LogP contribution in [0.2, 0.25) is 0 Å². The Labute approximate surface area is 80.6 Å². The van der Waals surface area contributed by atoms with Crippen molar-refractivity contribution in [3.05, 3.63) is 0 Å². The summed E-state index contributed by atoms with van der Waals surface area (Å²) in [5.41, 5.74) is 0. The average molecular weight is 209 g/mol. The molecule has 1 rings (SSSR count). The van der Waals surface area contributed by atoms with Gasteiger partial charge in [0.05, 0.1) is 6.61 Å². The van der Waals surface area contributed by atoms with Gasteiger partial charge in [0, 0.05) is 6.54 Å². The number of alkyl halides is 2. The van der Waals surface area contributed by atoms with Gasteiger partial charge in [0.15, 0.2) is 5.79 Å². The Bertz CT molecular complexity index is 221. The first kappa shape index (κ1) is 11.3.